The van der Waals surface area contributed by atoms with Crippen molar-refractivity contribution in [3.8, 4) is 0 Å². The van der Waals surface area contributed by atoms with Gasteiger partial charge in [0.05, 0.1) is 5.75 Å². The number of carbonyl (C=O) groups excluding carboxylic acids is 2. The molecule has 0 aromatic heterocycles. The van der Waals surface area contributed by atoms with Crippen molar-refractivity contribution in [3.05, 3.63) is 101 Å². The summed E-state index contributed by atoms with van der Waals surface area (Å²) in [5.74, 6) is 0.608. The van der Waals surface area contributed by atoms with Crippen molar-refractivity contribution < 1.29 is 14.0 Å². The van der Waals surface area contributed by atoms with Gasteiger partial charge in [0.25, 0.3) is 5.91 Å². The van der Waals surface area contributed by atoms with Crippen molar-refractivity contribution in [2.75, 3.05) is 17.6 Å². The van der Waals surface area contributed by atoms with Gasteiger partial charge in [-0.2, -0.15) is 0 Å². The van der Waals surface area contributed by atoms with E-state index >= 15 is 0 Å². The summed E-state index contributed by atoms with van der Waals surface area (Å²) in [6.07, 6.45) is 0.670. The first kappa shape index (κ1) is 21.6. The normalized spacial score (nSPS) is 10.4. The predicted octanol–water partition coefficient (Wildman–Crippen LogP) is 4.67. The predicted molar refractivity (Wildman–Crippen MR) is 120 cm³/mol. The van der Waals surface area contributed by atoms with Gasteiger partial charge in [0, 0.05) is 23.5 Å². The molecule has 0 bridgehead atoms. The number of anilines is 1. The summed E-state index contributed by atoms with van der Waals surface area (Å²) in [6, 6.07) is 23.0. The molecule has 6 heteroatoms. The van der Waals surface area contributed by atoms with Gasteiger partial charge in [-0.15, -0.1) is 11.8 Å². The maximum atomic E-state index is 12.9. The van der Waals surface area contributed by atoms with Crippen LogP contribution >= 0.6 is 11.8 Å². The van der Waals surface area contributed by atoms with Gasteiger partial charge in [0.2, 0.25) is 5.91 Å². The van der Waals surface area contributed by atoms with Crippen LogP contribution in [0.3, 0.4) is 0 Å². The minimum atomic E-state index is -0.260. The fraction of sp³-hybridized carbons (Fsp3) is 0.167. The van der Waals surface area contributed by atoms with E-state index in [-0.39, 0.29) is 17.6 Å². The smallest absolute Gasteiger partial charge is 0.255 e. The number of nitrogens with one attached hydrogen (secondary N) is 2. The third-order valence-electron chi connectivity index (χ3n) is 4.40. The monoisotopic (exact) mass is 422 g/mol. The van der Waals surface area contributed by atoms with E-state index in [2.05, 4.69) is 10.6 Å². The first-order valence-corrected chi connectivity index (χ1v) is 10.8. The SMILES string of the molecule is O=C(CSCc1ccc(C(=O)Nc2ccccc2)cc1)NCCc1ccc(F)cc1. The molecule has 3 aromatic carbocycles. The third-order valence-corrected chi connectivity index (χ3v) is 5.40. The van der Waals surface area contributed by atoms with Gasteiger partial charge >= 0.3 is 0 Å². The summed E-state index contributed by atoms with van der Waals surface area (Å²) in [5.41, 5.74) is 3.38. The van der Waals surface area contributed by atoms with Crippen LogP contribution in [-0.4, -0.2) is 24.1 Å². The fourth-order valence-corrected chi connectivity index (χ4v) is 3.60. The average molecular weight is 423 g/mol. The number of hydrogen-bond donors (Lipinski definition) is 2. The highest BCUT2D eigenvalue weighted by atomic mass is 32.2. The molecular formula is C24H23FN2O2S. The number of carbonyl (C=O) groups is 2. The molecule has 3 rings (SSSR count). The number of para-hydroxylation sites is 1. The highest BCUT2D eigenvalue weighted by Gasteiger charge is 2.07. The standard InChI is InChI=1S/C24H23FN2O2S/c25-21-12-8-18(9-13-21)14-15-26-23(28)17-30-16-19-6-10-20(11-7-19)24(29)27-22-4-2-1-3-5-22/h1-13H,14-17H2,(H,26,28)(H,27,29). The van der Waals surface area contributed by atoms with Crippen LogP contribution in [0, 0.1) is 5.82 Å². The van der Waals surface area contributed by atoms with Crippen LogP contribution in [0.5, 0.6) is 0 Å². The van der Waals surface area contributed by atoms with Crippen molar-refractivity contribution in [3.63, 3.8) is 0 Å². The van der Waals surface area contributed by atoms with Crippen LogP contribution in [0.2, 0.25) is 0 Å². The van der Waals surface area contributed by atoms with E-state index < -0.39 is 0 Å². The molecule has 0 saturated carbocycles. The molecule has 0 fully saturated rings. The Kier molecular flexibility index (Phi) is 8.03. The van der Waals surface area contributed by atoms with E-state index in [1.54, 1.807) is 24.3 Å². The maximum absolute atomic E-state index is 12.9. The molecule has 0 radical (unpaired) electrons. The van der Waals surface area contributed by atoms with Crippen molar-refractivity contribution in [1.82, 2.24) is 5.32 Å². The van der Waals surface area contributed by atoms with Crippen molar-refractivity contribution >= 4 is 29.3 Å². The molecule has 154 valence electrons. The lowest BCUT2D eigenvalue weighted by Crippen LogP contribution is -2.27. The second-order valence-corrected chi connectivity index (χ2v) is 7.72. The molecule has 0 unspecified atom stereocenters. The lowest BCUT2D eigenvalue weighted by Gasteiger charge is -2.07. The largest absolute Gasteiger partial charge is 0.355 e. The first-order chi connectivity index (χ1) is 14.6. The van der Waals surface area contributed by atoms with E-state index in [0.717, 1.165) is 16.8 Å². The maximum Gasteiger partial charge on any atom is 0.255 e. The van der Waals surface area contributed by atoms with Gasteiger partial charge in [0.15, 0.2) is 0 Å². The van der Waals surface area contributed by atoms with Crippen LogP contribution in [0.1, 0.15) is 21.5 Å². The van der Waals surface area contributed by atoms with E-state index in [1.807, 2.05) is 42.5 Å². The molecule has 2 amide bonds. The minimum absolute atomic E-state index is 0.0269. The van der Waals surface area contributed by atoms with Crippen LogP contribution in [0.25, 0.3) is 0 Å². The number of rotatable bonds is 9. The van der Waals surface area contributed by atoms with Gasteiger partial charge in [-0.1, -0.05) is 42.5 Å². The molecule has 3 aromatic rings. The van der Waals surface area contributed by atoms with Crippen LogP contribution in [-0.2, 0) is 17.0 Å². The minimum Gasteiger partial charge on any atom is -0.355 e. The molecule has 2 N–H and O–H groups in total. The summed E-state index contributed by atoms with van der Waals surface area (Å²) in [5, 5.41) is 5.73. The summed E-state index contributed by atoms with van der Waals surface area (Å²) < 4.78 is 12.9. The van der Waals surface area contributed by atoms with E-state index in [1.165, 1.54) is 23.9 Å². The van der Waals surface area contributed by atoms with Crippen molar-refractivity contribution in [1.29, 1.82) is 0 Å². The summed E-state index contributed by atoms with van der Waals surface area (Å²) in [7, 11) is 0. The number of hydrogen-bond acceptors (Lipinski definition) is 3. The number of halogens is 1. The number of thioether (sulfide) groups is 1. The zero-order valence-corrected chi connectivity index (χ0v) is 17.3. The molecule has 0 aliphatic rings. The molecule has 0 heterocycles. The topological polar surface area (TPSA) is 58.2 Å². The summed E-state index contributed by atoms with van der Waals surface area (Å²) in [6.45, 7) is 0.524. The molecule has 4 nitrogen and oxygen atoms in total. The summed E-state index contributed by atoms with van der Waals surface area (Å²) in [4.78, 5) is 24.2. The summed E-state index contributed by atoms with van der Waals surface area (Å²) >= 11 is 1.52. The van der Waals surface area contributed by atoms with Crippen molar-refractivity contribution in [2.24, 2.45) is 0 Å². The Balaban J connectivity index is 1.35. The highest BCUT2D eigenvalue weighted by molar-refractivity contribution is 7.99. The molecule has 0 saturated heterocycles. The second-order valence-electron chi connectivity index (χ2n) is 6.74. The Hall–Kier alpha value is -3.12. The highest BCUT2D eigenvalue weighted by Crippen LogP contribution is 2.14. The van der Waals surface area contributed by atoms with Gasteiger partial charge in [0.1, 0.15) is 5.82 Å². The zero-order chi connectivity index (χ0) is 21.2. The van der Waals surface area contributed by atoms with Gasteiger partial charge in [-0.3, -0.25) is 9.59 Å². The average Bonchev–Trinajstić information content (AvgIpc) is 2.76. The third kappa shape index (κ3) is 7.04. The molecule has 0 spiro atoms. The quantitative estimate of drug-likeness (QED) is 0.527. The molecule has 0 aliphatic heterocycles. The molecule has 0 aliphatic carbocycles. The lowest BCUT2D eigenvalue weighted by atomic mass is 10.1. The Morgan fingerprint density at radius 1 is 0.833 bits per heavy atom. The van der Waals surface area contributed by atoms with Gasteiger partial charge in [-0.25, -0.2) is 4.39 Å². The van der Waals surface area contributed by atoms with Gasteiger partial charge in [-0.05, 0) is 53.9 Å². The molecular weight excluding hydrogens is 399 g/mol. The second kappa shape index (κ2) is 11.2. The Morgan fingerprint density at radius 2 is 1.50 bits per heavy atom. The Bertz CT molecular complexity index is 961. The van der Waals surface area contributed by atoms with Crippen LogP contribution in [0.4, 0.5) is 10.1 Å². The van der Waals surface area contributed by atoms with E-state index in [9.17, 15) is 14.0 Å². The Morgan fingerprint density at radius 3 is 2.20 bits per heavy atom. The van der Waals surface area contributed by atoms with E-state index in [4.69, 9.17) is 0 Å². The van der Waals surface area contributed by atoms with Crippen molar-refractivity contribution in [2.45, 2.75) is 12.2 Å². The van der Waals surface area contributed by atoms with E-state index in [0.29, 0.717) is 30.0 Å². The van der Waals surface area contributed by atoms with Gasteiger partial charge < -0.3 is 10.6 Å². The molecule has 0 atom stereocenters. The lowest BCUT2D eigenvalue weighted by molar-refractivity contribution is -0.118. The molecule has 30 heavy (non-hydrogen) atoms. The zero-order valence-electron chi connectivity index (χ0n) is 16.4. The number of benzene rings is 3. The Labute approximate surface area is 179 Å². The van der Waals surface area contributed by atoms with Crippen LogP contribution < -0.4 is 10.6 Å². The first-order valence-electron chi connectivity index (χ1n) is 9.64. The van der Waals surface area contributed by atoms with Crippen LogP contribution in [0.15, 0.2) is 78.9 Å². The number of amides is 2. The fourth-order valence-electron chi connectivity index (χ4n) is 2.79.